The van der Waals surface area contributed by atoms with E-state index in [9.17, 15) is 0 Å². The van der Waals surface area contributed by atoms with Crippen molar-refractivity contribution in [2.75, 3.05) is 4.90 Å². The molecule has 0 radical (unpaired) electrons. The first-order valence-corrected chi connectivity index (χ1v) is 18.6. The fourth-order valence-corrected chi connectivity index (χ4v) is 10.0. The maximum Gasteiger partial charge on any atom is 0.0542 e. The normalized spacial score (nSPS) is 12.0. The highest BCUT2D eigenvalue weighted by Gasteiger charge is 2.19. The number of para-hydroxylation sites is 2. The monoisotopic (exact) mass is 672 g/mol. The Bertz CT molecular complexity index is 3110. The number of aromatic nitrogens is 1. The van der Waals surface area contributed by atoms with Gasteiger partial charge in [-0.25, -0.2) is 0 Å². The van der Waals surface area contributed by atoms with Gasteiger partial charge in [0.2, 0.25) is 0 Å². The molecule has 0 aliphatic heterocycles. The van der Waals surface area contributed by atoms with Crippen molar-refractivity contribution in [1.29, 1.82) is 0 Å². The molecule has 4 heteroatoms. The summed E-state index contributed by atoms with van der Waals surface area (Å²) in [7, 11) is 0. The molecule has 0 spiro atoms. The number of hydrogen-bond donors (Lipinski definition) is 0. The third-order valence-electron chi connectivity index (χ3n) is 10.1. The first-order chi connectivity index (χ1) is 24.8. The molecule has 3 heterocycles. The van der Waals surface area contributed by atoms with Gasteiger partial charge in [0.1, 0.15) is 0 Å². The van der Waals surface area contributed by atoms with E-state index in [1.54, 1.807) is 0 Å². The average molecular weight is 673 g/mol. The van der Waals surface area contributed by atoms with E-state index in [1.165, 1.54) is 78.6 Å². The van der Waals surface area contributed by atoms with Crippen LogP contribution in [0.25, 0.3) is 78.6 Å². The highest BCUT2D eigenvalue weighted by Crippen LogP contribution is 2.45. The molecule has 0 amide bonds. The Morgan fingerprint density at radius 3 is 1.64 bits per heavy atom. The zero-order chi connectivity index (χ0) is 32.8. The van der Waals surface area contributed by atoms with Crippen LogP contribution in [0.4, 0.5) is 17.1 Å². The van der Waals surface area contributed by atoms with Gasteiger partial charge < -0.3 is 9.47 Å². The standard InChI is InChI=1S/C46H28N2S2/c1-2-12-31(13-3-1)48-41-16-8-6-14-35(41)37-26-32(18-21-42(37)48)47(33-19-22-44-39(27-33)36-15-7-9-17-43(36)49-44)34-20-23-45-40(28-34)38-24-29-10-4-5-11-30(29)25-46(38)50-45/h1-28H. The number of nitrogens with zero attached hydrogens (tertiary/aromatic N) is 2. The molecule has 234 valence electrons. The van der Waals surface area contributed by atoms with Gasteiger partial charge in [0.25, 0.3) is 0 Å². The van der Waals surface area contributed by atoms with Gasteiger partial charge >= 0.3 is 0 Å². The van der Waals surface area contributed by atoms with Crippen LogP contribution in [0.2, 0.25) is 0 Å². The van der Waals surface area contributed by atoms with Crippen LogP contribution in [0.5, 0.6) is 0 Å². The number of fused-ring (bicyclic) bond motifs is 10. The van der Waals surface area contributed by atoms with Gasteiger partial charge in [-0.1, -0.05) is 78.9 Å². The molecule has 0 fully saturated rings. The van der Waals surface area contributed by atoms with Crippen molar-refractivity contribution in [3.63, 3.8) is 0 Å². The van der Waals surface area contributed by atoms with E-state index >= 15 is 0 Å². The smallest absolute Gasteiger partial charge is 0.0542 e. The summed E-state index contributed by atoms with van der Waals surface area (Å²) in [5.74, 6) is 0. The van der Waals surface area contributed by atoms with Gasteiger partial charge in [0.15, 0.2) is 0 Å². The van der Waals surface area contributed by atoms with E-state index in [-0.39, 0.29) is 0 Å². The van der Waals surface area contributed by atoms with E-state index in [0.29, 0.717) is 0 Å². The van der Waals surface area contributed by atoms with Gasteiger partial charge in [0.05, 0.1) is 11.0 Å². The van der Waals surface area contributed by atoms with Crippen molar-refractivity contribution in [2.45, 2.75) is 0 Å². The molecule has 0 N–H and O–H groups in total. The second-order valence-corrected chi connectivity index (χ2v) is 15.1. The molecule has 0 saturated heterocycles. The molecular formula is C46H28N2S2. The lowest BCUT2D eigenvalue weighted by molar-refractivity contribution is 1.18. The van der Waals surface area contributed by atoms with Crippen LogP contribution in [0.15, 0.2) is 170 Å². The minimum absolute atomic E-state index is 1.14. The molecule has 50 heavy (non-hydrogen) atoms. The van der Waals surface area contributed by atoms with Crippen molar-refractivity contribution in [3.05, 3.63) is 170 Å². The Morgan fingerprint density at radius 1 is 0.340 bits per heavy atom. The van der Waals surface area contributed by atoms with E-state index < -0.39 is 0 Å². The van der Waals surface area contributed by atoms with E-state index in [2.05, 4.69) is 179 Å². The lowest BCUT2D eigenvalue weighted by Crippen LogP contribution is -2.09. The predicted octanol–water partition coefficient (Wildman–Crippen LogP) is 14.1. The van der Waals surface area contributed by atoms with Crippen molar-refractivity contribution >= 4 is 113 Å². The topological polar surface area (TPSA) is 8.17 Å². The van der Waals surface area contributed by atoms with Crippen LogP contribution in [-0.4, -0.2) is 4.57 Å². The van der Waals surface area contributed by atoms with E-state index in [0.717, 1.165) is 17.1 Å². The quantitative estimate of drug-likeness (QED) is 0.181. The Kier molecular flexibility index (Phi) is 6.03. The summed E-state index contributed by atoms with van der Waals surface area (Å²) in [5.41, 5.74) is 7.01. The molecule has 3 aromatic heterocycles. The predicted molar refractivity (Wildman–Crippen MR) is 219 cm³/mol. The van der Waals surface area contributed by atoms with Crippen LogP contribution in [0.3, 0.4) is 0 Å². The number of rotatable bonds is 4. The SMILES string of the molecule is c1ccc(-n2c3ccccc3c3cc(N(c4ccc5sc6ccccc6c5c4)c4ccc5sc6cc7ccccc7cc6c5c4)ccc32)cc1. The Labute approximate surface area is 296 Å². The first-order valence-electron chi connectivity index (χ1n) is 16.9. The summed E-state index contributed by atoms with van der Waals surface area (Å²) in [6.45, 7) is 0. The molecule has 0 saturated carbocycles. The molecule has 2 nitrogen and oxygen atoms in total. The summed E-state index contributed by atoms with van der Waals surface area (Å²) in [6.07, 6.45) is 0. The van der Waals surface area contributed by atoms with Crippen molar-refractivity contribution < 1.29 is 0 Å². The van der Waals surface area contributed by atoms with E-state index in [4.69, 9.17) is 0 Å². The Hall–Kier alpha value is -5.94. The minimum Gasteiger partial charge on any atom is -0.310 e. The van der Waals surface area contributed by atoms with Crippen LogP contribution >= 0.6 is 22.7 Å². The molecule has 8 aromatic carbocycles. The first kappa shape index (κ1) is 28.0. The fourth-order valence-electron chi connectivity index (χ4n) is 7.84. The van der Waals surface area contributed by atoms with Crippen LogP contribution in [0, 0.1) is 0 Å². The maximum atomic E-state index is 2.45. The number of benzene rings is 8. The summed E-state index contributed by atoms with van der Waals surface area (Å²) >= 11 is 3.74. The van der Waals surface area contributed by atoms with E-state index in [1.807, 2.05) is 22.7 Å². The third-order valence-corrected chi connectivity index (χ3v) is 12.4. The molecule has 0 unspecified atom stereocenters. The number of anilines is 3. The molecular weight excluding hydrogens is 645 g/mol. The van der Waals surface area contributed by atoms with Gasteiger partial charge in [-0.15, -0.1) is 22.7 Å². The summed E-state index contributed by atoms with van der Waals surface area (Å²) in [4.78, 5) is 2.45. The lowest BCUT2D eigenvalue weighted by Gasteiger charge is -2.26. The van der Waals surface area contributed by atoms with Crippen molar-refractivity contribution in [3.8, 4) is 5.69 Å². The second-order valence-electron chi connectivity index (χ2n) is 13.0. The molecule has 0 aliphatic rings. The minimum atomic E-state index is 1.14. The average Bonchev–Trinajstić information content (AvgIpc) is 3.83. The Balaban J connectivity index is 1.18. The summed E-state index contributed by atoms with van der Waals surface area (Å²) in [6, 6.07) is 62.6. The van der Waals surface area contributed by atoms with Gasteiger partial charge in [-0.2, -0.15) is 0 Å². The largest absolute Gasteiger partial charge is 0.310 e. The van der Waals surface area contributed by atoms with Gasteiger partial charge in [-0.05, 0) is 102 Å². The highest BCUT2D eigenvalue weighted by atomic mass is 32.1. The third kappa shape index (κ3) is 4.19. The zero-order valence-electron chi connectivity index (χ0n) is 26.9. The summed E-state index contributed by atoms with van der Waals surface area (Å²) < 4.78 is 7.64. The van der Waals surface area contributed by atoms with Crippen LogP contribution < -0.4 is 4.90 Å². The number of thiophene rings is 2. The molecule has 11 aromatic rings. The van der Waals surface area contributed by atoms with Gasteiger partial charge in [-0.3, -0.25) is 0 Å². The fraction of sp³-hybridized carbons (Fsp3) is 0. The molecule has 11 rings (SSSR count). The lowest BCUT2D eigenvalue weighted by atomic mass is 10.0. The Morgan fingerprint density at radius 2 is 0.860 bits per heavy atom. The highest BCUT2D eigenvalue weighted by molar-refractivity contribution is 7.26. The maximum absolute atomic E-state index is 2.45. The van der Waals surface area contributed by atoms with Crippen molar-refractivity contribution in [1.82, 2.24) is 4.57 Å². The number of hydrogen-bond acceptors (Lipinski definition) is 3. The van der Waals surface area contributed by atoms with Gasteiger partial charge in [0, 0.05) is 73.9 Å². The van der Waals surface area contributed by atoms with Crippen LogP contribution in [-0.2, 0) is 0 Å². The zero-order valence-corrected chi connectivity index (χ0v) is 28.5. The van der Waals surface area contributed by atoms with Crippen LogP contribution in [0.1, 0.15) is 0 Å². The molecule has 0 atom stereocenters. The van der Waals surface area contributed by atoms with Crippen molar-refractivity contribution in [2.24, 2.45) is 0 Å². The second kappa shape index (κ2) is 10.8. The summed E-state index contributed by atoms with van der Waals surface area (Å²) in [5, 5.41) is 10.3. The molecule has 0 aliphatic carbocycles. The molecule has 0 bridgehead atoms.